The van der Waals surface area contributed by atoms with Crippen molar-refractivity contribution in [3.63, 3.8) is 0 Å². The lowest BCUT2D eigenvalue weighted by atomic mass is 10.2. The maximum Gasteiger partial charge on any atom is 0.146 e. The Morgan fingerprint density at radius 2 is 1.81 bits per heavy atom. The van der Waals surface area contributed by atoms with Crippen molar-refractivity contribution in [2.24, 2.45) is 0 Å². The van der Waals surface area contributed by atoms with Crippen LogP contribution in [0.25, 0.3) is 10.9 Å². The summed E-state index contributed by atoms with van der Waals surface area (Å²) in [4.78, 5) is 8.93. The number of hydrogen-bond donors (Lipinski definition) is 1. The van der Waals surface area contributed by atoms with Crippen molar-refractivity contribution in [2.45, 2.75) is 13.2 Å². The van der Waals surface area contributed by atoms with E-state index in [1.807, 2.05) is 55.6 Å². The Morgan fingerprint density at radius 3 is 2.71 bits per heavy atom. The fourth-order valence-electron chi connectivity index (χ4n) is 2.23. The molecule has 0 aliphatic rings. The van der Waals surface area contributed by atoms with Gasteiger partial charge in [0, 0.05) is 18.1 Å². The van der Waals surface area contributed by atoms with Crippen molar-refractivity contribution in [1.82, 2.24) is 15.3 Å². The van der Waals surface area contributed by atoms with Gasteiger partial charge in [0.15, 0.2) is 0 Å². The van der Waals surface area contributed by atoms with Crippen LogP contribution in [-0.2, 0) is 13.2 Å². The van der Waals surface area contributed by atoms with Crippen molar-refractivity contribution < 1.29 is 4.74 Å². The first-order chi connectivity index (χ1) is 10.4. The van der Waals surface area contributed by atoms with Gasteiger partial charge in [0.25, 0.3) is 0 Å². The van der Waals surface area contributed by atoms with Crippen LogP contribution in [0, 0.1) is 0 Å². The molecule has 3 aromatic rings. The Bertz CT molecular complexity index is 737. The highest BCUT2D eigenvalue weighted by Gasteiger charge is 2.04. The normalized spacial score (nSPS) is 10.7. The Balaban J connectivity index is 1.79. The minimum atomic E-state index is 0.438. The fourth-order valence-corrected chi connectivity index (χ4v) is 2.23. The van der Waals surface area contributed by atoms with Crippen LogP contribution in [0.3, 0.4) is 0 Å². The molecule has 1 N–H and O–H groups in total. The molecule has 4 heteroatoms. The molecule has 0 aliphatic carbocycles. The predicted octanol–water partition coefficient (Wildman–Crippen LogP) is 2.93. The second-order valence-electron chi connectivity index (χ2n) is 4.77. The summed E-state index contributed by atoms with van der Waals surface area (Å²) in [6.07, 6.45) is 1.78. The Morgan fingerprint density at radius 1 is 1.00 bits per heavy atom. The standard InChI is InChI=1S/C17H17N3O/c1-18-11-14-7-3-8-15(20-14)12-21-16-9-2-5-13-6-4-10-19-17(13)16/h2-10,18H,11-12H2,1H3. The summed E-state index contributed by atoms with van der Waals surface area (Å²) in [6.45, 7) is 1.19. The van der Waals surface area contributed by atoms with E-state index in [0.29, 0.717) is 6.61 Å². The topological polar surface area (TPSA) is 47.0 Å². The SMILES string of the molecule is CNCc1cccc(COc2cccc3cccnc23)n1. The molecule has 0 atom stereocenters. The highest BCUT2D eigenvalue weighted by Crippen LogP contribution is 2.23. The lowest BCUT2D eigenvalue weighted by Gasteiger charge is -2.09. The van der Waals surface area contributed by atoms with Gasteiger partial charge in [-0.05, 0) is 31.3 Å². The molecule has 0 radical (unpaired) electrons. The zero-order chi connectivity index (χ0) is 14.5. The third-order valence-corrected chi connectivity index (χ3v) is 3.19. The van der Waals surface area contributed by atoms with Crippen LogP contribution in [0.15, 0.2) is 54.7 Å². The van der Waals surface area contributed by atoms with Gasteiger partial charge in [0.2, 0.25) is 0 Å². The minimum Gasteiger partial charge on any atom is -0.485 e. The third-order valence-electron chi connectivity index (χ3n) is 3.19. The molecular weight excluding hydrogens is 262 g/mol. The van der Waals surface area contributed by atoms with E-state index in [1.54, 1.807) is 6.20 Å². The second-order valence-corrected chi connectivity index (χ2v) is 4.77. The smallest absolute Gasteiger partial charge is 0.146 e. The van der Waals surface area contributed by atoms with Crippen molar-refractivity contribution in [1.29, 1.82) is 0 Å². The lowest BCUT2D eigenvalue weighted by Crippen LogP contribution is -2.08. The van der Waals surface area contributed by atoms with Crippen LogP contribution < -0.4 is 10.1 Å². The molecule has 3 rings (SSSR count). The first-order valence-electron chi connectivity index (χ1n) is 6.93. The van der Waals surface area contributed by atoms with Gasteiger partial charge in [-0.25, -0.2) is 0 Å². The van der Waals surface area contributed by atoms with Gasteiger partial charge in [-0.3, -0.25) is 9.97 Å². The zero-order valence-electron chi connectivity index (χ0n) is 11.9. The lowest BCUT2D eigenvalue weighted by molar-refractivity contribution is 0.304. The number of aromatic nitrogens is 2. The molecule has 0 saturated carbocycles. The van der Waals surface area contributed by atoms with E-state index in [0.717, 1.165) is 34.6 Å². The van der Waals surface area contributed by atoms with E-state index in [1.165, 1.54) is 0 Å². The van der Waals surface area contributed by atoms with Gasteiger partial charge in [-0.15, -0.1) is 0 Å². The number of fused-ring (bicyclic) bond motifs is 1. The molecule has 0 aliphatic heterocycles. The molecule has 2 aromatic heterocycles. The summed E-state index contributed by atoms with van der Waals surface area (Å²) in [5.74, 6) is 0.786. The van der Waals surface area contributed by atoms with Crippen LogP contribution in [0.4, 0.5) is 0 Å². The van der Waals surface area contributed by atoms with Gasteiger partial charge in [0.1, 0.15) is 17.9 Å². The third kappa shape index (κ3) is 3.17. The molecule has 106 valence electrons. The van der Waals surface area contributed by atoms with Crippen LogP contribution in [0.5, 0.6) is 5.75 Å². The van der Waals surface area contributed by atoms with Gasteiger partial charge < -0.3 is 10.1 Å². The largest absolute Gasteiger partial charge is 0.485 e. The first kappa shape index (κ1) is 13.5. The molecule has 1 aromatic carbocycles. The summed E-state index contributed by atoms with van der Waals surface area (Å²) in [7, 11) is 1.91. The van der Waals surface area contributed by atoms with Gasteiger partial charge in [-0.1, -0.05) is 24.3 Å². The first-order valence-corrected chi connectivity index (χ1v) is 6.93. The van der Waals surface area contributed by atoms with E-state index in [-0.39, 0.29) is 0 Å². The van der Waals surface area contributed by atoms with Crippen LogP contribution in [-0.4, -0.2) is 17.0 Å². The van der Waals surface area contributed by atoms with Gasteiger partial charge >= 0.3 is 0 Å². The Labute approximate surface area is 123 Å². The van der Waals surface area contributed by atoms with Crippen molar-refractivity contribution >= 4 is 10.9 Å². The van der Waals surface area contributed by atoms with Crippen LogP contribution in [0.1, 0.15) is 11.4 Å². The summed E-state index contributed by atoms with van der Waals surface area (Å²) >= 11 is 0. The van der Waals surface area contributed by atoms with Crippen LogP contribution >= 0.6 is 0 Å². The molecule has 0 spiro atoms. The zero-order valence-corrected chi connectivity index (χ0v) is 11.9. The second kappa shape index (κ2) is 6.33. The quantitative estimate of drug-likeness (QED) is 0.780. The van der Waals surface area contributed by atoms with E-state index >= 15 is 0 Å². The molecule has 2 heterocycles. The predicted molar refractivity (Wildman–Crippen MR) is 83.1 cm³/mol. The van der Waals surface area contributed by atoms with Crippen molar-refractivity contribution in [3.8, 4) is 5.75 Å². The number of pyridine rings is 2. The number of ether oxygens (including phenoxy) is 1. The molecule has 0 unspecified atom stereocenters. The highest BCUT2D eigenvalue weighted by atomic mass is 16.5. The van der Waals surface area contributed by atoms with Crippen molar-refractivity contribution in [2.75, 3.05) is 7.05 Å². The number of nitrogens with one attached hydrogen (secondary N) is 1. The molecule has 0 fully saturated rings. The Kier molecular flexibility index (Phi) is 4.07. The highest BCUT2D eigenvalue weighted by molar-refractivity contribution is 5.84. The van der Waals surface area contributed by atoms with Gasteiger partial charge in [0.05, 0.1) is 11.4 Å². The van der Waals surface area contributed by atoms with E-state index in [9.17, 15) is 0 Å². The van der Waals surface area contributed by atoms with Crippen molar-refractivity contribution in [3.05, 3.63) is 66.1 Å². The van der Waals surface area contributed by atoms with Crippen LogP contribution in [0.2, 0.25) is 0 Å². The molecule has 0 bridgehead atoms. The monoisotopic (exact) mass is 279 g/mol. The molecular formula is C17H17N3O. The maximum atomic E-state index is 5.89. The van der Waals surface area contributed by atoms with E-state index in [4.69, 9.17) is 4.74 Å². The number of hydrogen-bond acceptors (Lipinski definition) is 4. The summed E-state index contributed by atoms with van der Waals surface area (Å²) in [5, 5.41) is 4.17. The van der Waals surface area contributed by atoms with Gasteiger partial charge in [-0.2, -0.15) is 0 Å². The molecule has 0 saturated heterocycles. The summed E-state index contributed by atoms with van der Waals surface area (Å²) < 4.78 is 5.89. The number of nitrogens with zero attached hydrogens (tertiary/aromatic N) is 2. The summed E-state index contributed by atoms with van der Waals surface area (Å²) in [5.41, 5.74) is 2.80. The number of rotatable bonds is 5. The Hall–Kier alpha value is -2.46. The minimum absolute atomic E-state index is 0.438. The average Bonchev–Trinajstić information content (AvgIpc) is 2.53. The maximum absolute atomic E-state index is 5.89. The average molecular weight is 279 g/mol. The molecule has 0 amide bonds. The fraction of sp³-hybridized carbons (Fsp3) is 0.176. The summed E-state index contributed by atoms with van der Waals surface area (Å²) in [6, 6.07) is 15.9. The molecule has 4 nitrogen and oxygen atoms in total. The number of para-hydroxylation sites is 1. The van der Waals surface area contributed by atoms with E-state index < -0.39 is 0 Å². The molecule has 21 heavy (non-hydrogen) atoms. The van der Waals surface area contributed by atoms with E-state index in [2.05, 4.69) is 15.3 Å². The number of benzene rings is 1.